The summed E-state index contributed by atoms with van der Waals surface area (Å²) in [7, 11) is 0. The maximum absolute atomic E-state index is 11.9. The van der Waals surface area contributed by atoms with Crippen molar-refractivity contribution in [2.24, 2.45) is 0 Å². The molecule has 0 atom stereocenters. The number of imide groups is 1. The van der Waals surface area contributed by atoms with Crippen LogP contribution in [-0.2, 0) is 25.7 Å². The standard InChI is InChI=1S/C15H15F3N2O4/c16-15(17,18)9-24-8-12(21)19-11-3-1-10(2-4-11)7-20-13(22)5-6-14(20)23/h1-4H,5-9H2,(H,19,21). The van der Waals surface area contributed by atoms with Gasteiger partial charge in [-0.15, -0.1) is 0 Å². The smallest absolute Gasteiger partial charge is 0.362 e. The van der Waals surface area contributed by atoms with E-state index in [2.05, 4.69) is 10.1 Å². The fraction of sp³-hybridized carbons (Fsp3) is 0.400. The zero-order chi connectivity index (χ0) is 17.7. The van der Waals surface area contributed by atoms with Gasteiger partial charge >= 0.3 is 6.18 Å². The lowest BCUT2D eigenvalue weighted by Gasteiger charge is -2.14. The van der Waals surface area contributed by atoms with E-state index in [0.717, 1.165) is 0 Å². The molecule has 0 bridgehead atoms. The molecule has 1 aromatic carbocycles. The van der Waals surface area contributed by atoms with Gasteiger partial charge in [0.1, 0.15) is 13.2 Å². The summed E-state index contributed by atoms with van der Waals surface area (Å²) in [5, 5.41) is 2.39. The lowest BCUT2D eigenvalue weighted by atomic mass is 10.2. The number of anilines is 1. The molecule has 0 saturated carbocycles. The van der Waals surface area contributed by atoms with Crippen LogP contribution in [0.2, 0.25) is 0 Å². The first-order chi connectivity index (χ1) is 11.2. The first-order valence-corrected chi connectivity index (χ1v) is 7.11. The average Bonchev–Trinajstić information content (AvgIpc) is 2.80. The Morgan fingerprint density at radius 2 is 1.71 bits per heavy atom. The highest BCUT2D eigenvalue weighted by Crippen LogP contribution is 2.17. The van der Waals surface area contributed by atoms with Gasteiger partial charge in [-0.2, -0.15) is 13.2 Å². The van der Waals surface area contributed by atoms with Gasteiger partial charge in [0.05, 0.1) is 6.54 Å². The van der Waals surface area contributed by atoms with Crippen molar-refractivity contribution in [1.82, 2.24) is 4.90 Å². The summed E-state index contributed by atoms with van der Waals surface area (Å²) >= 11 is 0. The molecule has 9 heteroatoms. The van der Waals surface area contributed by atoms with Crippen molar-refractivity contribution >= 4 is 23.4 Å². The fourth-order valence-corrected chi connectivity index (χ4v) is 2.13. The van der Waals surface area contributed by atoms with Gasteiger partial charge in [0.25, 0.3) is 0 Å². The molecular formula is C15H15F3N2O4. The molecule has 1 saturated heterocycles. The Hall–Kier alpha value is -2.42. The minimum atomic E-state index is -4.48. The second-order valence-electron chi connectivity index (χ2n) is 5.23. The van der Waals surface area contributed by atoms with Gasteiger partial charge in [-0.05, 0) is 17.7 Å². The Labute approximate surface area is 135 Å². The molecule has 6 nitrogen and oxygen atoms in total. The quantitative estimate of drug-likeness (QED) is 0.799. The molecule has 1 aliphatic rings. The summed E-state index contributed by atoms with van der Waals surface area (Å²) in [5.74, 6) is -1.16. The van der Waals surface area contributed by atoms with Gasteiger partial charge < -0.3 is 10.1 Å². The Kier molecular flexibility index (Phi) is 5.55. The van der Waals surface area contributed by atoms with Crippen LogP contribution in [0.3, 0.4) is 0 Å². The SMILES string of the molecule is O=C(COCC(F)(F)F)Nc1ccc(CN2C(=O)CCC2=O)cc1. The number of hydrogen-bond donors (Lipinski definition) is 1. The number of rotatable bonds is 6. The van der Waals surface area contributed by atoms with Crippen molar-refractivity contribution in [1.29, 1.82) is 0 Å². The highest BCUT2D eigenvalue weighted by Gasteiger charge is 2.29. The summed E-state index contributed by atoms with van der Waals surface area (Å²) in [6, 6.07) is 6.29. The van der Waals surface area contributed by atoms with E-state index in [4.69, 9.17) is 0 Å². The Morgan fingerprint density at radius 3 is 2.25 bits per heavy atom. The number of benzene rings is 1. The number of carbonyl (C=O) groups excluding carboxylic acids is 3. The van der Waals surface area contributed by atoms with Gasteiger partial charge in [0, 0.05) is 18.5 Å². The van der Waals surface area contributed by atoms with Crippen molar-refractivity contribution in [3.8, 4) is 0 Å². The third-order valence-electron chi connectivity index (χ3n) is 3.23. The molecule has 0 spiro atoms. The summed E-state index contributed by atoms with van der Waals surface area (Å²) in [4.78, 5) is 35.7. The lowest BCUT2D eigenvalue weighted by molar-refractivity contribution is -0.174. The van der Waals surface area contributed by atoms with Crippen LogP contribution in [0.1, 0.15) is 18.4 Å². The van der Waals surface area contributed by atoms with E-state index in [0.29, 0.717) is 11.3 Å². The summed E-state index contributed by atoms with van der Waals surface area (Å²) < 4.78 is 39.9. The number of amides is 3. The second kappa shape index (κ2) is 7.43. The van der Waals surface area contributed by atoms with Crippen LogP contribution >= 0.6 is 0 Å². The topological polar surface area (TPSA) is 75.7 Å². The molecule has 1 N–H and O–H groups in total. The van der Waals surface area contributed by atoms with E-state index in [1.54, 1.807) is 12.1 Å². The third-order valence-corrected chi connectivity index (χ3v) is 3.23. The van der Waals surface area contributed by atoms with Crippen LogP contribution in [0.25, 0.3) is 0 Å². The largest absolute Gasteiger partial charge is 0.411 e. The third kappa shape index (κ3) is 5.34. The van der Waals surface area contributed by atoms with Crippen LogP contribution in [0, 0.1) is 0 Å². The van der Waals surface area contributed by atoms with Crippen LogP contribution in [0.4, 0.5) is 18.9 Å². The van der Waals surface area contributed by atoms with E-state index < -0.39 is 25.3 Å². The molecule has 1 aromatic rings. The van der Waals surface area contributed by atoms with Crippen molar-refractivity contribution in [3.63, 3.8) is 0 Å². The van der Waals surface area contributed by atoms with Crippen molar-refractivity contribution in [3.05, 3.63) is 29.8 Å². The van der Waals surface area contributed by atoms with E-state index in [1.807, 2.05) is 0 Å². The molecule has 1 heterocycles. The number of ether oxygens (including phenoxy) is 1. The number of hydrogen-bond acceptors (Lipinski definition) is 4. The predicted molar refractivity (Wildman–Crippen MR) is 76.7 cm³/mol. The fourth-order valence-electron chi connectivity index (χ4n) is 2.13. The number of alkyl halides is 3. The number of carbonyl (C=O) groups is 3. The zero-order valence-electron chi connectivity index (χ0n) is 12.6. The van der Waals surface area contributed by atoms with Gasteiger partial charge in [-0.25, -0.2) is 0 Å². The molecule has 1 aliphatic heterocycles. The molecule has 0 aromatic heterocycles. The Morgan fingerprint density at radius 1 is 1.12 bits per heavy atom. The van der Waals surface area contributed by atoms with Crippen molar-refractivity contribution in [2.75, 3.05) is 18.5 Å². The van der Waals surface area contributed by atoms with Crippen molar-refractivity contribution in [2.45, 2.75) is 25.6 Å². The van der Waals surface area contributed by atoms with Crippen molar-refractivity contribution < 1.29 is 32.3 Å². The van der Waals surface area contributed by atoms with Gasteiger partial charge in [0.15, 0.2) is 0 Å². The zero-order valence-corrected chi connectivity index (χ0v) is 12.6. The summed E-state index contributed by atoms with van der Waals surface area (Å²) in [6.07, 6.45) is -4.05. The van der Waals surface area contributed by atoms with Gasteiger partial charge in [-0.1, -0.05) is 12.1 Å². The molecule has 3 amide bonds. The molecule has 130 valence electrons. The molecule has 24 heavy (non-hydrogen) atoms. The summed E-state index contributed by atoms with van der Waals surface area (Å²) in [6.45, 7) is -2.05. The number of likely N-dealkylation sites (tertiary alicyclic amines) is 1. The van der Waals surface area contributed by atoms with E-state index in [9.17, 15) is 27.6 Å². The lowest BCUT2D eigenvalue weighted by Crippen LogP contribution is -2.28. The van der Waals surface area contributed by atoms with Crippen LogP contribution in [-0.4, -0.2) is 42.0 Å². The Balaban J connectivity index is 1.82. The van der Waals surface area contributed by atoms with Gasteiger partial charge in [0.2, 0.25) is 17.7 Å². The highest BCUT2D eigenvalue weighted by atomic mass is 19.4. The predicted octanol–water partition coefficient (Wildman–Crippen LogP) is 1.85. The van der Waals surface area contributed by atoms with Crippen LogP contribution in [0.15, 0.2) is 24.3 Å². The maximum atomic E-state index is 11.9. The molecule has 0 unspecified atom stereocenters. The normalized spacial score (nSPS) is 15.0. The second-order valence-corrected chi connectivity index (χ2v) is 5.23. The van der Waals surface area contributed by atoms with Crippen LogP contribution < -0.4 is 5.32 Å². The molecule has 2 rings (SSSR count). The first kappa shape index (κ1) is 17.9. The molecule has 0 aliphatic carbocycles. The molecule has 0 radical (unpaired) electrons. The highest BCUT2D eigenvalue weighted by molar-refractivity contribution is 6.01. The summed E-state index contributed by atoms with van der Waals surface area (Å²) in [5.41, 5.74) is 1.07. The number of nitrogens with zero attached hydrogens (tertiary/aromatic N) is 1. The number of nitrogens with one attached hydrogen (secondary N) is 1. The van der Waals surface area contributed by atoms with E-state index >= 15 is 0 Å². The number of halogens is 3. The van der Waals surface area contributed by atoms with E-state index in [-0.39, 0.29) is 31.2 Å². The average molecular weight is 344 g/mol. The minimum Gasteiger partial charge on any atom is -0.362 e. The molecule has 1 fully saturated rings. The Bertz CT molecular complexity index is 613. The maximum Gasteiger partial charge on any atom is 0.411 e. The molecular weight excluding hydrogens is 329 g/mol. The van der Waals surface area contributed by atoms with Crippen LogP contribution in [0.5, 0.6) is 0 Å². The van der Waals surface area contributed by atoms with Gasteiger partial charge in [-0.3, -0.25) is 19.3 Å². The monoisotopic (exact) mass is 344 g/mol. The minimum absolute atomic E-state index is 0.153. The first-order valence-electron chi connectivity index (χ1n) is 7.11. The van der Waals surface area contributed by atoms with E-state index in [1.165, 1.54) is 17.0 Å².